The molecule has 1 N–H and O–H groups in total. The molecular formula is C9H12O3. The van der Waals surface area contributed by atoms with Gasteiger partial charge in [0.05, 0.1) is 0 Å². The second-order valence-electron chi connectivity index (χ2n) is 2.03. The fraction of sp³-hybridized carbons (Fsp3) is 0.222. The molecule has 0 heterocycles. The number of aliphatic hydroxyl groups is 1. The fourth-order valence-corrected chi connectivity index (χ4v) is 0.696. The summed E-state index contributed by atoms with van der Waals surface area (Å²) in [6, 6.07) is 9.21. The number of benzene rings is 1. The van der Waals surface area contributed by atoms with E-state index in [0.717, 1.165) is 0 Å². The van der Waals surface area contributed by atoms with Crippen LogP contribution >= 0.6 is 0 Å². The summed E-state index contributed by atoms with van der Waals surface area (Å²) in [6.07, 6.45) is -0.734. The van der Waals surface area contributed by atoms with Crippen LogP contribution in [0.3, 0.4) is 0 Å². The lowest BCUT2D eigenvalue weighted by atomic mass is 10.3. The minimum atomic E-state index is -0.734. The quantitative estimate of drug-likeness (QED) is 0.675. The SMILES string of the molecule is C=O.CC(O)Oc1ccccc1. The topological polar surface area (TPSA) is 46.5 Å². The van der Waals surface area contributed by atoms with Crippen LogP contribution in [0.2, 0.25) is 0 Å². The van der Waals surface area contributed by atoms with Gasteiger partial charge >= 0.3 is 0 Å². The Kier molecular flexibility index (Phi) is 5.65. The van der Waals surface area contributed by atoms with Gasteiger partial charge in [-0.15, -0.1) is 0 Å². The van der Waals surface area contributed by atoms with Crippen molar-refractivity contribution < 1.29 is 14.6 Å². The highest BCUT2D eigenvalue weighted by molar-refractivity contribution is 5.20. The molecule has 3 heteroatoms. The number of para-hydroxylation sites is 1. The van der Waals surface area contributed by atoms with Crippen LogP contribution in [0, 0.1) is 0 Å². The van der Waals surface area contributed by atoms with E-state index in [1.165, 1.54) is 0 Å². The third-order valence-corrected chi connectivity index (χ3v) is 1.05. The van der Waals surface area contributed by atoms with E-state index in [4.69, 9.17) is 14.6 Å². The highest BCUT2D eigenvalue weighted by Crippen LogP contribution is 2.08. The number of aliphatic hydroxyl groups excluding tert-OH is 1. The lowest BCUT2D eigenvalue weighted by molar-refractivity contribution is -0.0980. The van der Waals surface area contributed by atoms with Crippen molar-refractivity contribution in [2.45, 2.75) is 13.2 Å². The van der Waals surface area contributed by atoms with Crippen LogP contribution in [0.15, 0.2) is 30.3 Å². The van der Waals surface area contributed by atoms with E-state index in [0.29, 0.717) is 5.75 Å². The zero-order valence-corrected chi connectivity index (χ0v) is 6.93. The fourth-order valence-electron chi connectivity index (χ4n) is 0.696. The maximum Gasteiger partial charge on any atom is 0.194 e. The highest BCUT2D eigenvalue weighted by atomic mass is 16.6. The Labute approximate surface area is 71.6 Å². The van der Waals surface area contributed by atoms with Gasteiger partial charge in [-0.3, -0.25) is 0 Å². The smallest absolute Gasteiger partial charge is 0.194 e. The van der Waals surface area contributed by atoms with E-state index in [1.807, 2.05) is 25.0 Å². The molecule has 0 bridgehead atoms. The van der Waals surface area contributed by atoms with Crippen molar-refractivity contribution in [3.63, 3.8) is 0 Å². The monoisotopic (exact) mass is 168 g/mol. The third-order valence-electron chi connectivity index (χ3n) is 1.05. The Balaban J connectivity index is 0.000000561. The van der Waals surface area contributed by atoms with Gasteiger partial charge in [-0.25, -0.2) is 0 Å². The average molecular weight is 168 g/mol. The van der Waals surface area contributed by atoms with Crippen molar-refractivity contribution in [1.29, 1.82) is 0 Å². The molecule has 3 nitrogen and oxygen atoms in total. The number of hydrogen-bond acceptors (Lipinski definition) is 3. The summed E-state index contributed by atoms with van der Waals surface area (Å²) < 4.78 is 4.97. The van der Waals surface area contributed by atoms with Gasteiger partial charge in [0, 0.05) is 0 Å². The molecule has 0 aromatic heterocycles. The minimum absolute atomic E-state index is 0.692. The molecule has 1 unspecified atom stereocenters. The molecule has 0 saturated heterocycles. The van der Waals surface area contributed by atoms with Gasteiger partial charge in [0.2, 0.25) is 0 Å². The van der Waals surface area contributed by atoms with Crippen molar-refractivity contribution in [2.75, 3.05) is 0 Å². The molecule has 1 aromatic rings. The maximum absolute atomic E-state index is 8.78. The van der Waals surface area contributed by atoms with Crippen LogP contribution in [-0.2, 0) is 4.79 Å². The predicted molar refractivity (Wildman–Crippen MR) is 45.9 cm³/mol. The van der Waals surface area contributed by atoms with Gasteiger partial charge in [-0.1, -0.05) is 18.2 Å². The Hall–Kier alpha value is -1.35. The predicted octanol–water partition coefficient (Wildman–Crippen LogP) is 1.22. The molecule has 0 aliphatic rings. The Morgan fingerprint density at radius 1 is 1.33 bits per heavy atom. The molecule has 0 spiro atoms. The van der Waals surface area contributed by atoms with Crippen LogP contribution in [0.5, 0.6) is 5.75 Å². The van der Waals surface area contributed by atoms with E-state index in [-0.39, 0.29) is 0 Å². The Bertz CT molecular complexity index is 196. The normalized spacial score (nSPS) is 10.8. The third kappa shape index (κ3) is 4.46. The largest absolute Gasteiger partial charge is 0.465 e. The van der Waals surface area contributed by atoms with E-state index in [1.54, 1.807) is 19.1 Å². The van der Waals surface area contributed by atoms with E-state index >= 15 is 0 Å². The lowest BCUT2D eigenvalue weighted by Gasteiger charge is -2.06. The second-order valence-corrected chi connectivity index (χ2v) is 2.03. The summed E-state index contributed by atoms with van der Waals surface area (Å²) in [7, 11) is 0. The van der Waals surface area contributed by atoms with Crippen molar-refractivity contribution in [1.82, 2.24) is 0 Å². The van der Waals surface area contributed by atoms with Gasteiger partial charge in [-0.2, -0.15) is 0 Å². The molecule has 1 rings (SSSR count). The van der Waals surface area contributed by atoms with Crippen LogP contribution in [-0.4, -0.2) is 18.2 Å². The van der Waals surface area contributed by atoms with E-state index < -0.39 is 6.29 Å². The first-order valence-electron chi connectivity index (χ1n) is 3.47. The highest BCUT2D eigenvalue weighted by Gasteiger charge is 1.94. The summed E-state index contributed by atoms with van der Waals surface area (Å²) in [5, 5.41) is 8.78. The molecule has 1 aromatic carbocycles. The van der Waals surface area contributed by atoms with E-state index in [9.17, 15) is 0 Å². The molecule has 0 fully saturated rings. The summed E-state index contributed by atoms with van der Waals surface area (Å²) in [5.74, 6) is 0.692. The molecule has 0 saturated carbocycles. The number of carbonyl (C=O) groups excluding carboxylic acids is 1. The van der Waals surface area contributed by atoms with Crippen LogP contribution in [0.25, 0.3) is 0 Å². The number of rotatable bonds is 2. The van der Waals surface area contributed by atoms with E-state index in [2.05, 4.69) is 0 Å². The maximum atomic E-state index is 8.78. The molecular weight excluding hydrogens is 156 g/mol. The zero-order chi connectivity index (χ0) is 9.40. The zero-order valence-electron chi connectivity index (χ0n) is 6.93. The van der Waals surface area contributed by atoms with Crippen molar-refractivity contribution in [2.24, 2.45) is 0 Å². The number of hydrogen-bond donors (Lipinski definition) is 1. The second kappa shape index (κ2) is 6.37. The summed E-state index contributed by atoms with van der Waals surface area (Å²) in [5.41, 5.74) is 0. The minimum Gasteiger partial charge on any atom is -0.465 e. The summed E-state index contributed by atoms with van der Waals surface area (Å²) in [6.45, 7) is 3.58. The molecule has 0 aliphatic heterocycles. The Morgan fingerprint density at radius 3 is 2.25 bits per heavy atom. The van der Waals surface area contributed by atoms with Gasteiger partial charge < -0.3 is 14.6 Å². The van der Waals surface area contributed by atoms with Gasteiger partial charge in [-0.05, 0) is 19.1 Å². The van der Waals surface area contributed by atoms with Crippen molar-refractivity contribution >= 4 is 6.79 Å². The van der Waals surface area contributed by atoms with Crippen LogP contribution < -0.4 is 4.74 Å². The first-order valence-corrected chi connectivity index (χ1v) is 3.47. The molecule has 1 atom stereocenters. The molecule has 0 aliphatic carbocycles. The molecule has 66 valence electrons. The lowest BCUT2D eigenvalue weighted by Crippen LogP contribution is -2.08. The Morgan fingerprint density at radius 2 is 1.83 bits per heavy atom. The number of ether oxygens (including phenoxy) is 1. The van der Waals surface area contributed by atoms with Gasteiger partial charge in [0.25, 0.3) is 0 Å². The van der Waals surface area contributed by atoms with Gasteiger partial charge in [0.15, 0.2) is 6.29 Å². The van der Waals surface area contributed by atoms with Crippen LogP contribution in [0.1, 0.15) is 6.92 Å². The molecule has 0 radical (unpaired) electrons. The molecule has 12 heavy (non-hydrogen) atoms. The van der Waals surface area contributed by atoms with Gasteiger partial charge in [0.1, 0.15) is 12.5 Å². The molecule has 0 amide bonds. The first-order chi connectivity index (χ1) is 5.79. The van der Waals surface area contributed by atoms with Crippen molar-refractivity contribution in [3.8, 4) is 5.75 Å². The van der Waals surface area contributed by atoms with Crippen molar-refractivity contribution in [3.05, 3.63) is 30.3 Å². The number of carbonyl (C=O) groups is 1. The summed E-state index contributed by atoms with van der Waals surface area (Å²) >= 11 is 0. The average Bonchev–Trinajstić information content (AvgIpc) is 2.08. The van der Waals surface area contributed by atoms with Crippen LogP contribution in [0.4, 0.5) is 0 Å². The first kappa shape index (κ1) is 10.7. The summed E-state index contributed by atoms with van der Waals surface area (Å²) in [4.78, 5) is 8.00. The standard InChI is InChI=1S/C8H10O2.CH2O/c1-7(9)10-8-5-3-2-4-6-8;1-2/h2-7,9H,1H3;1H2.